The summed E-state index contributed by atoms with van der Waals surface area (Å²) in [7, 11) is 10.6. The van der Waals surface area contributed by atoms with Gasteiger partial charge >= 0.3 is 35.6 Å². The summed E-state index contributed by atoms with van der Waals surface area (Å²) in [6.45, 7) is 6.92. The van der Waals surface area contributed by atoms with Gasteiger partial charge in [0.2, 0.25) is 0 Å². The van der Waals surface area contributed by atoms with E-state index in [0.29, 0.717) is 0 Å². The zero-order valence-electron chi connectivity index (χ0n) is 10.5. The Bertz CT molecular complexity index is 167. The molecule has 0 atom stereocenters. The first-order valence-electron chi connectivity index (χ1n) is 5.88. The van der Waals surface area contributed by atoms with Crippen LogP contribution in [-0.2, 0) is 17.0 Å². The molecule has 0 bridgehead atoms. The van der Waals surface area contributed by atoms with Gasteiger partial charge in [0.05, 0.1) is 0 Å². The van der Waals surface area contributed by atoms with Crippen LogP contribution in [0.5, 0.6) is 0 Å². The maximum atomic E-state index is 4.90. The molecule has 1 aliphatic rings. The van der Waals surface area contributed by atoms with Crippen molar-refractivity contribution in [3.05, 3.63) is 4.98 Å². The molecule has 0 aliphatic heterocycles. The van der Waals surface area contributed by atoms with Crippen molar-refractivity contribution >= 4 is 26.8 Å². The summed E-state index contributed by atoms with van der Waals surface area (Å²) in [5.74, 6) is 0. The van der Waals surface area contributed by atoms with E-state index in [-0.39, 0.29) is 0 Å². The van der Waals surface area contributed by atoms with Crippen LogP contribution < -0.4 is 5.32 Å². The van der Waals surface area contributed by atoms with Gasteiger partial charge in [0.1, 0.15) is 0 Å². The van der Waals surface area contributed by atoms with E-state index in [1.54, 1.807) is 0 Å². The van der Waals surface area contributed by atoms with Crippen LogP contribution in [-0.4, -0.2) is 28.4 Å². The second-order valence-electron chi connectivity index (χ2n) is 4.69. The van der Waals surface area contributed by atoms with Gasteiger partial charge < -0.3 is 10.3 Å². The molecule has 1 aliphatic carbocycles. The van der Waals surface area contributed by atoms with Gasteiger partial charge in [-0.05, 0) is 13.6 Å². The van der Waals surface area contributed by atoms with Crippen LogP contribution in [0.2, 0.25) is 18.6 Å². The van der Waals surface area contributed by atoms with Crippen LogP contribution in [0.25, 0.3) is 4.98 Å². The van der Waals surface area contributed by atoms with Crippen molar-refractivity contribution < 1.29 is 17.0 Å². The van der Waals surface area contributed by atoms with Gasteiger partial charge in [-0.25, -0.2) is 0 Å². The Morgan fingerprint density at radius 2 is 1.81 bits per heavy atom. The fourth-order valence-corrected chi connectivity index (χ4v) is 4.98. The van der Waals surface area contributed by atoms with Gasteiger partial charge in [0, 0.05) is 0 Å². The molecule has 2 nitrogen and oxygen atoms in total. The van der Waals surface area contributed by atoms with E-state index in [1.807, 2.05) is 7.05 Å². The van der Waals surface area contributed by atoms with Gasteiger partial charge in [-0.1, -0.05) is 52.6 Å². The van der Waals surface area contributed by atoms with Crippen LogP contribution in [0.4, 0.5) is 0 Å². The first-order valence-corrected chi connectivity index (χ1v) is 13.2. The molecule has 0 aromatic rings. The molecular weight excluding hydrogens is 295 g/mol. The van der Waals surface area contributed by atoms with Crippen molar-refractivity contribution in [3.8, 4) is 0 Å². The van der Waals surface area contributed by atoms with Gasteiger partial charge in [0.25, 0.3) is 0 Å². The van der Waals surface area contributed by atoms with E-state index in [1.165, 1.54) is 25.7 Å². The molecule has 0 radical (unpaired) electrons. The fraction of sp³-hybridized carbons (Fsp3) is 1.00. The molecule has 0 saturated heterocycles. The first kappa shape index (κ1) is 17.4. The molecule has 0 aromatic heterocycles. The minimum atomic E-state index is -1.22. The van der Waals surface area contributed by atoms with Crippen LogP contribution in [0.1, 0.15) is 25.7 Å². The summed E-state index contributed by atoms with van der Waals surface area (Å²) in [6, 6.07) is 0. The van der Waals surface area contributed by atoms with Crippen LogP contribution in [0.15, 0.2) is 0 Å². The number of halogens is 2. The number of hydrogen-bond donors (Lipinski definition) is 1. The van der Waals surface area contributed by atoms with Gasteiger partial charge in [-0.2, -0.15) is 0 Å². The van der Waals surface area contributed by atoms with E-state index in [9.17, 15) is 0 Å². The summed E-state index contributed by atoms with van der Waals surface area (Å²) < 4.78 is 0. The number of nitrogens with one attached hydrogen (secondary N) is 1. The fourth-order valence-electron chi connectivity index (χ4n) is 2.22. The van der Waals surface area contributed by atoms with Crippen LogP contribution in [0, 0.1) is 0 Å². The number of nitrogens with zero attached hydrogens (tertiary/aromatic N) is 1. The van der Waals surface area contributed by atoms with Gasteiger partial charge in [-0.3, -0.25) is 0 Å². The summed E-state index contributed by atoms with van der Waals surface area (Å²) in [6.07, 6.45) is 5.79. The zero-order chi connectivity index (χ0) is 12.4. The molecule has 0 unspecified atom stereocenters. The van der Waals surface area contributed by atoms with E-state index in [4.69, 9.17) is 23.6 Å². The summed E-state index contributed by atoms with van der Waals surface area (Å²) in [5.41, 5.74) is 0.976. The predicted molar refractivity (Wildman–Crippen MR) is 73.6 cm³/mol. The average molecular weight is 318 g/mol. The third-order valence-corrected chi connectivity index (χ3v) is 6.85. The average Bonchev–Trinajstić information content (AvgIpc) is 2.72. The van der Waals surface area contributed by atoms with E-state index >= 15 is 0 Å². The van der Waals surface area contributed by atoms with Crippen LogP contribution >= 0.6 is 18.6 Å². The Morgan fingerprint density at radius 3 is 2.25 bits per heavy atom. The molecule has 1 saturated carbocycles. The number of likely N-dealkylation sites (N-methyl/N-ethyl adjacent to an activating group) is 1. The number of hydrogen-bond acceptors (Lipinski definition) is 1. The molecule has 0 heterocycles. The monoisotopic (exact) mass is 317 g/mol. The second kappa shape index (κ2) is 10.4. The van der Waals surface area contributed by atoms with Crippen molar-refractivity contribution in [2.45, 2.75) is 44.3 Å². The van der Waals surface area contributed by atoms with E-state index in [0.717, 1.165) is 18.6 Å². The molecular formula is C10H23Cl2N2SiTi-. The molecule has 6 heteroatoms. The molecule has 0 amide bonds. The van der Waals surface area contributed by atoms with Crippen molar-refractivity contribution in [2.75, 3.05) is 20.1 Å². The Balaban J connectivity index is 0.000000673. The first-order chi connectivity index (χ1) is 7.58. The summed E-state index contributed by atoms with van der Waals surface area (Å²) in [5, 5.41) is 3.16. The molecule has 0 aromatic carbocycles. The van der Waals surface area contributed by atoms with Crippen molar-refractivity contribution in [3.63, 3.8) is 0 Å². The van der Waals surface area contributed by atoms with Crippen LogP contribution in [0.3, 0.4) is 0 Å². The molecule has 0 spiro atoms. The predicted octanol–water partition coefficient (Wildman–Crippen LogP) is 4.11. The maximum absolute atomic E-state index is 4.90. The van der Waals surface area contributed by atoms with Gasteiger partial charge in [0.15, 0.2) is 0 Å². The van der Waals surface area contributed by atoms with Gasteiger partial charge in [-0.15, -0.1) is 6.54 Å². The van der Waals surface area contributed by atoms with Crippen molar-refractivity contribution in [1.29, 1.82) is 0 Å². The summed E-state index contributed by atoms with van der Waals surface area (Å²) >= 11 is -0.556. The third-order valence-electron chi connectivity index (χ3n) is 3.24. The molecule has 1 rings (SSSR count). The van der Waals surface area contributed by atoms with E-state index < -0.39 is 25.3 Å². The third kappa shape index (κ3) is 7.70. The Labute approximate surface area is 118 Å². The number of rotatable bonds is 5. The topological polar surface area (TPSA) is 26.1 Å². The van der Waals surface area contributed by atoms with E-state index in [2.05, 4.69) is 18.4 Å². The quantitative estimate of drug-likeness (QED) is 0.599. The minimum absolute atomic E-state index is 0.556. The summed E-state index contributed by atoms with van der Waals surface area (Å²) in [4.78, 5) is 4.90. The second-order valence-corrected chi connectivity index (χ2v) is 11.7. The molecule has 96 valence electrons. The standard InChI is InChI=1S/C10H23N2Si.2ClH.Ti/c1-11-8-9-12-13(2,3)10-6-4-5-7-10;;;/h10-11H,4-9H2,1-3H3;2*1H;/q-1;;;+2/p-2. The SMILES string of the molecule is CNCC[N-][Si](C)(C)C1CCCC1.[Cl][Ti][Cl]. The Morgan fingerprint density at radius 1 is 1.31 bits per heavy atom. The van der Waals surface area contributed by atoms with Crippen molar-refractivity contribution in [2.24, 2.45) is 0 Å². The molecule has 1 fully saturated rings. The molecule has 16 heavy (non-hydrogen) atoms. The Kier molecular flexibility index (Phi) is 11.3. The van der Waals surface area contributed by atoms with Crippen molar-refractivity contribution in [1.82, 2.24) is 5.32 Å². The zero-order valence-corrected chi connectivity index (χ0v) is 14.6. The molecule has 1 N–H and O–H groups in total. The Hall–Kier alpha value is 1.43. The normalized spacial score (nSPS) is 16.8.